The number of aliphatic hydroxyl groups is 1. The number of aliphatic hydroxyl groups excluding tert-OH is 1. The fraction of sp³-hybridized carbons (Fsp3) is 0.500. The zero-order valence-electron chi connectivity index (χ0n) is 19.4. The van der Waals surface area contributed by atoms with E-state index in [1.165, 1.54) is 24.3 Å². The minimum Gasteiger partial charge on any atom is -0.508 e. The lowest BCUT2D eigenvalue weighted by atomic mass is 10.0. The van der Waals surface area contributed by atoms with Gasteiger partial charge in [0.2, 0.25) is 17.7 Å². The molecule has 0 aliphatic rings. The molecular weight excluding hydrogens is 464 g/mol. The quantitative estimate of drug-likeness (QED) is 0.146. The molecule has 0 heterocycles. The largest absolute Gasteiger partial charge is 0.508 e. The molecule has 3 amide bonds. The molecular formula is C22H32N4O9. The zero-order chi connectivity index (χ0) is 26.7. The summed E-state index contributed by atoms with van der Waals surface area (Å²) in [5, 5.41) is 44.0. The van der Waals surface area contributed by atoms with Gasteiger partial charge in [-0.3, -0.25) is 19.2 Å². The Morgan fingerprint density at radius 3 is 1.86 bits per heavy atom. The zero-order valence-corrected chi connectivity index (χ0v) is 19.4. The van der Waals surface area contributed by atoms with Crippen LogP contribution in [0.25, 0.3) is 0 Å². The average molecular weight is 497 g/mol. The van der Waals surface area contributed by atoms with E-state index in [0.29, 0.717) is 5.56 Å². The number of carbonyl (C=O) groups is 5. The van der Waals surface area contributed by atoms with Gasteiger partial charge in [0.1, 0.15) is 23.9 Å². The van der Waals surface area contributed by atoms with Crippen LogP contribution in [0, 0.1) is 5.92 Å². The number of nitrogens with two attached hydrogens (primary N) is 1. The Kier molecular flexibility index (Phi) is 11.6. The van der Waals surface area contributed by atoms with Crippen molar-refractivity contribution in [3.63, 3.8) is 0 Å². The van der Waals surface area contributed by atoms with Crippen molar-refractivity contribution in [2.75, 3.05) is 6.61 Å². The van der Waals surface area contributed by atoms with Crippen LogP contribution < -0.4 is 21.7 Å². The molecule has 13 heteroatoms. The summed E-state index contributed by atoms with van der Waals surface area (Å²) in [5.41, 5.74) is 5.99. The standard InChI is InChI=1S/C22H32N4O9/c1-11(2)7-15(24-21(33)17(10-27)26-19(31)14(23)9-18(29)30)20(32)25-16(22(34)35)8-12-3-5-13(28)6-4-12/h3-6,11,14-17,27-28H,7-10,23H2,1-2H3,(H,24,33)(H,25,32)(H,26,31)(H,29,30)(H,34,35). The molecule has 0 aliphatic heterocycles. The maximum atomic E-state index is 12.9. The number of phenols is 1. The van der Waals surface area contributed by atoms with Crippen LogP contribution in [-0.4, -0.2) is 80.9 Å². The number of carboxylic acids is 2. The molecule has 0 aromatic heterocycles. The molecule has 0 radical (unpaired) electrons. The Hall–Kier alpha value is -3.71. The van der Waals surface area contributed by atoms with E-state index in [-0.39, 0.29) is 24.5 Å². The smallest absolute Gasteiger partial charge is 0.326 e. The second kappa shape index (κ2) is 13.9. The van der Waals surface area contributed by atoms with Crippen molar-refractivity contribution < 1.29 is 44.4 Å². The highest BCUT2D eigenvalue weighted by Gasteiger charge is 2.31. The SMILES string of the molecule is CC(C)CC(NC(=O)C(CO)NC(=O)C(N)CC(=O)O)C(=O)NC(Cc1ccc(O)cc1)C(=O)O. The molecule has 13 nitrogen and oxygen atoms in total. The third-order valence-electron chi connectivity index (χ3n) is 4.88. The predicted molar refractivity (Wildman–Crippen MR) is 122 cm³/mol. The number of hydrogen-bond donors (Lipinski definition) is 8. The molecule has 0 saturated heterocycles. The average Bonchev–Trinajstić information content (AvgIpc) is 2.76. The van der Waals surface area contributed by atoms with Crippen LogP contribution in [-0.2, 0) is 30.4 Å². The molecule has 0 bridgehead atoms. The predicted octanol–water partition coefficient (Wildman–Crippen LogP) is -1.69. The van der Waals surface area contributed by atoms with Crippen molar-refractivity contribution in [1.29, 1.82) is 0 Å². The first-order valence-electron chi connectivity index (χ1n) is 10.8. The molecule has 0 aliphatic carbocycles. The van der Waals surface area contributed by atoms with Crippen LogP contribution in [0.4, 0.5) is 0 Å². The first-order chi connectivity index (χ1) is 16.3. The van der Waals surface area contributed by atoms with Gasteiger partial charge >= 0.3 is 11.9 Å². The summed E-state index contributed by atoms with van der Waals surface area (Å²) in [6.07, 6.45) is -0.657. The number of aliphatic carboxylic acids is 2. The second-order valence-corrected chi connectivity index (χ2v) is 8.41. The summed E-state index contributed by atoms with van der Waals surface area (Å²) in [7, 11) is 0. The third kappa shape index (κ3) is 10.4. The fourth-order valence-corrected chi connectivity index (χ4v) is 3.07. The van der Waals surface area contributed by atoms with Gasteiger partial charge in [-0.2, -0.15) is 0 Å². The number of hydrogen-bond acceptors (Lipinski definition) is 8. The van der Waals surface area contributed by atoms with Crippen LogP contribution in [0.5, 0.6) is 5.75 Å². The normalized spacial score (nSPS) is 14.3. The molecule has 4 atom stereocenters. The van der Waals surface area contributed by atoms with Crippen molar-refractivity contribution >= 4 is 29.7 Å². The van der Waals surface area contributed by atoms with E-state index in [0.717, 1.165) is 0 Å². The Labute approximate surface area is 201 Å². The molecule has 4 unspecified atom stereocenters. The van der Waals surface area contributed by atoms with Gasteiger partial charge in [0.25, 0.3) is 0 Å². The van der Waals surface area contributed by atoms with Crippen molar-refractivity contribution in [2.45, 2.75) is 57.3 Å². The highest BCUT2D eigenvalue weighted by molar-refractivity contribution is 5.94. The molecule has 0 spiro atoms. The van der Waals surface area contributed by atoms with E-state index >= 15 is 0 Å². The number of nitrogens with one attached hydrogen (secondary N) is 3. The fourth-order valence-electron chi connectivity index (χ4n) is 3.07. The maximum Gasteiger partial charge on any atom is 0.326 e. The molecule has 35 heavy (non-hydrogen) atoms. The minimum absolute atomic E-state index is 0.00110. The van der Waals surface area contributed by atoms with Crippen LogP contribution in [0.1, 0.15) is 32.3 Å². The lowest BCUT2D eigenvalue weighted by Gasteiger charge is -2.25. The van der Waals surface area contributed by atoms with Gasteiger partial charge in [-0.15, -0.1) is 0 Å². The number of carboxylic acid groups (broad SMARTS) is 2. The van der Waals surface area contributed by atoms with Crippen LogP contribution in [0.2, 0.25) is 0 Å². The first-order valence-corrected chi connectivity index (χ1v) is 10.8. The van der Waals surface area contributed by atoms with Crippen LogP contribution >= 0.6 is 0 Å². The topological polar surface area (TPSA) is 228 Å². The van der Waals surface area contributed by atoms with Crippen molar-refractivity contribution in [1.82, 2.24) is 16.0 Å². The molecule has 1 aromatic rings. The van der Waals surface area contributed by atoms with Gasteiger partial charge in [-0.05, 0) is 30.0 Å². The number of phenolic OH excluding ortho intramolecular Hbond substituents is 1. The van der Waals surface area contributed by atoms with E-state index in [1.807, 2.05) is 0 Å². The molecule has 0 fully saturated rings. The highest BCUT2D eigenvalue weighted by Crippen LogP contribution is 2.12. The molecule has 1 rings (SSSR count). The minimum atomic E-state index is -1.52. The van der Waals surface area contributed by atoms with Crippen LogP contribution in [0.15, 0.2) is 24.3 Å². The molecule has 0 saturated carbocycles. The Balaban J connectivity index is 2.92. The summed E-state index contributed by atoms with van der Waals surface area (Å²) in [4.78, 5) is 59.9. The maximum absolute atomic E-state index is 12.9. The Morgan fingerprint density at radius 2 is 1.37 bits per heavy atom. The van der Waals surface area contributed by atoms with Crippen molar-refractivity contribution in [3.8, 4) is 5.75 Å². The van der Waals surface area contributed by atoms with Gasteiger partial charge in [0.05, 0.1) is 19.1 Å². The molecule has 9 N–H and O–H groups in total. The summed E-state index contributed by atoms with van der Waals surface area (Å²) in [5.74, 6) is -5.44. The van der Waals surface area contributed by atoms with Gasteiger partial charge in [-0.1, -0.05) is 26.0 Å². The monoisotopic (exact) mass is 496 g/mol. The lowest BCUT2D eigenvalue weighted by Crippen LogP contribution is -2.58. The van der Waals surface area contributed by atoms with E-state index in [4.69, 9.17) is 10.8 Å². The summed E-state index contributed by atoms with van der Waals surface area (Å²) >= 11 is 0. The number of rotatable bonds is 14. The number of benzene rings is 1. The second-order valence-electron chi connectivity index (χ2n) is 8.41. The van der Waals surface area contributed by atoms with Gasteiger partial charge in [0.15, 0.2) is 0 Å². The highest BCUT2D eigenvalue weighted by atomic mass is 16.4. The van der Waals surface area contributed by atoms with E-state index in [1.54, 1.807) is 13.8 Å². The van der Waals surface area contributed by atoms with Crippen molar-refractivity contribution in [3.05, 3.63) is 29.8 Å². The Morgan fingerprint density at radius 1 is 0.857 bits per heavy atom. The summed E-state index contributed by atoms with van der Waals surface area (Å²) in [6, 6.07) is 0.275. The van der Waals surface area contributed by atoms with Crippen LogP contribution in [0.3, 0.4) is 0 Å². The Bertz CT molecular complexity index is 905. The number of carbonyl (C=O) groups excluding carboxylic acids is 3. The van der Waals surface area contributed by atoms with Crippen molar-refractivity contribution in [2.24, 2.45) is 11.7 Å². The summed E-state index contributed by atoms with van der Waals surface area (Å²) in [6.45, 7) is 2.69. The van der Waals surface area contributed by atoms with E-state index < -0.39 is 66.9 Å². The summed E-state index contributed by atoms with van der Waals surface area (Å²) < 4.78 is 0. The van der Waals surface area contributed by atoms with E-state index in [2.05, 4.69) is 16.0 Å². The number of amides is 3. The first kappa shape index (κ1) is 29.3. The third-order valence-corrected chi connectivity index (χ3v) is 4.88. The lowest BCUT2D eigenvalue weighted by molar-refractivity contribution is -0.142. The number of aromatic hydroxyl groups is 1. The van der Waals surface area contributed by atoms with Gasteiger partial charge < -0.3 is 42.1 Å². The molecule has 1 aromatic carbocycles. The van der Waals surface area contributed by atoms with E-state index in [9.17, 15) is 39.3 Å². The molecule has 194 valence electrons. The van der Waals surface area contributed by atoms with Gasteiger partial charge in [-0.25, -0.2) is 4.79 Å². The van der Waals surface area contributed by atoms with Gasteiger partial charge in [0, 0.05) is 6.42 Å².